The molecule has 1 amide bonds. The fourth-order valence-electron chi connectivity index (χ4n) is 1.64. The second-order valence-electron chi connectivity index (χ2n) is 4.45. The summed E-state index contributed by atoms with van der Waals surface area (Å²) in [6.45, 7) is 0.0476. The van der Waals surface area contributed by atoms with Crippen LogP contribution in [0.4, 0.5) is 11.5 Å². The average molecular weight is 329 g/mol. The number of nitrogens with one attached hydrogen (secondary N) is 1. The summed E-state index contributed by atoms with van der Waals surface area (Å²) in [6.07, 6.45) is 3.48. The van der Waals surface area contributed by atoms with Gasteiger partial charge in [-0.15, -0.1) is 0 Å². The Morgan fingerprint density at radius 1 is 1.68 bits per heavy atom. The van der Waals surface area contributed by atoms with Gasteiger partial charge in [0.25, 0.3) is 0 Å². The van der Waals surface area contributed by atoms with Crippen LogP contribution in [0.5, 0.6) is 0 Å². The van der Waals surface area contributed by atoms with Gasteiger partial charge in [-0.3, -0.25) is 14.9 Å². The van der Waals surface area contributed by atoms with Crippen molar-refractivity contribution in [1.82, 2.24) is 10.3 Å². The number of nitro groups is 1. The molecule has 19 heavy (non-hydrogen) atoms. The van der Waals surface area contributed by atoms with Gasteiger partial charge in [0.05, 0.1) is 11.5 Å². The molecule has 1 fully saturated rings. The van der Waals surface area contributed by atoms with E-state index in [2.05, 4.69) is 26.2 Å². The molecule has 0 aliphatic heterocycles. The largest absolute Gasteiger partial charge is 0.352 e. The standard InChI is InChI=1S/C11H13BrN4O3/c1-15(6-10(17)14-8-2-3-8)11-9(16(18)19)4-7(12)5-13-11/h4-5,8H,2-3,6H2,1H3,(H,14,17). The van der Waals surface area contributed by atoms with Crippen LogP contribution in [0.1, 0.15) is 12.8 Å². The first-order valence-corrected chi connectivity index (χ1v) is 6.57. The maximum absolute atomic E-state index is 11.7. The van der Waals surface area contributed by atoms with Crippen LogP contribution in [-0.2, 0) is 4.79 Å². The number of aromatic nitrogens is 1. The number of hydrogen-bond donors (Lipinski definition) is 1. The van der Waals surface area contributed by atoms with Crippen molar-refractivity contribution in [3.8, 4) is 0 Å². The second kappa shape index (κ2) is 5.52. The van der Waals surface area contributed by atoms with Gasteiger partial charge in [0.1, 0.15) is 0 Å². The Morgan fingerprint density at radius 2 is 2.37 bits per heavy atom. The molecule has 0 unspecified atom stereocenters. The van der Waals surface area contributed by atoms with Crippen LogP contribution in [0.2, 0.25) is 0 Å². The summed E-state index contributed by atoms with van der Waals surface area (Å²) in [5, 5.41) is 13.8. The lowest BCUT2D eigenvalue weighted by atomic mass is 10.3. The van der Waals surface area contributed by atoms with Crippen LogP contribution in [-0.4, -0.2) is 35.4 Å². The third kappa shape index (κ3) is 3.63. The van der Waals surface area contributed by atoms with Crippen LogP contribution in [0.25, 0.3) is 0 Å². The van der Waals surface area contributed by atoms with Crippen molar-refractivity contribution in [2.75, 3.05) is 18.5 Å². The van der Waals surface area contributed by atoms with Gasteiger partial charge in [-0.1, -0.05) is 0 Å². The molecule has 1 aromatic heterocycles. The van der Waals surface area contributed by atoms with Crippen molar-refractivity contribution in [3.05, 3.63) is 26.9 Å². The molecule has 0 spiro atoms. The molecule has 0 saturated heterocycles. The number of pyridine rings is 1. The molecule has 8 heteroatoms. The van der Waals surface area contributed by atoms with Crippen molar-refractivity contribution in [2.24, 2.45) is 0 Å². The summed E-state index contributed by atoms with van der Waals surface area (Å²) in [7, 11) is 1.61. The van der Waals surface area contributed by atoms with Crippen molar-refractivity contribution in [1.29, 1.82) is 0 Å². The van der Waals surface area contributed by atoms with E-state index < -0.39 is 4.92 Å². The van der Waals surface area contributed by atoms with E-state index in [0.717, 1.165) is 12.8 Å². The van der Waals surface area contributed by atoms with E-state index in [9.17, 15) is 14.9 Å². The van der Waals surface area contributed by atoms with Gasteiger partial charge in [-0.2, -0.15) is 0 Å². The second-order valence-corrected chi connectivity index (χ2v) is 5.37. The zero-order valence-corrected chi connectivity index (χ0v) is 11.9. The van der Waals surface area contributed by atoms with E-state index in [0.29, 0.717) is 4.47 Å². The van der Waals surface area contributed by atoms with E-state index in [1.807, 2.05) is 0 Å². The minimum atomic E-state index is -0.512. The summed E-state index contributed by atoms with van der Waals surface area (Å²) >= 11 is 3.14. The molecule has 1 heterocycles. The summed E-state index contributed by atoms with van der Waals surface area (Å²) < 4.78 is 0.527. The third-order valence-corrected chi connectivity index (χ3v) is 3.13. The van der Waals surface area contributed by atoms with Gasteiger partial charge in [0, 0.05) is 29.8 Å². The van der Waals surface area contributed by atoms with Gasteiger partial charge in [-0.05, 0) is 28.8 Å². The first kappa shape index (κ1) is 13.7. The topological polar surface area (TPSA) is 88.4 Å². The summed E-state index contributed by atoms with van der Waals surface area (Å²) in [6, 6.07) is 1.64. The molecule has 1 N–H and O–H groups in total. The predicted octanol–water partition coefficient (Wildman–Crippen LogP) is 1.47. The number of rotatable bonds is 5. The highest BCUT2D eigenvalue weighted by Gasteiger charge is 2.25. The number of carbonyl (C=O) groups excluding carboxylic acids is 1. The molecule has 1 saturated carbocycles. The van der Waals surface area contributed by atoms with E-state index in [4.69, 9.17) is 0 Å². The van der Waals surface area contributed by atoms with Crippen LogP contribution >= 0.6 is 15.9 Å². The molecule has 0 aromatic carbocycles. The lowest BCUT2D eigenvalue weighted by Gasteiger charge is -2.17. The first-order valence-electron chi connectivity index (χ1n) is 5.78. The maximum atomic E-state index is 11.7. The Kier molecular flexibility index (Phi) is 3.98. The fraction of sp³-hybridized carbons (Fsp3) is 0.455. The lowest BCUT2D eigenvalue weighted by molar-refractivity contribution is -0.384. The average Bonchev–Trinajstić information content (AvgIpc) is 3.12. The molecule has 0 bridgehead atoms. The highest BCUT2D eigenvalue weighted by molar-refractivity contribution is 9.10. The van der Waals surface area contributed by atoms with Crippen LogP contribution in [0, 0.1) is 10.1 Å². The number of hydrogen-bond acceptors (Lipinski definition) is 5. The summed E-state index contributed by atoms with van der Waals surface area (Å²) in [5.41, 5.74) is -0.129. The number of halogens is 1. The first-order chi connectivity index (χ1) is 8.97. The molecule has 102 valence electrons. The van der Waals surface area contributed by atoms with Crippen LogP contribution < -0.4 is 10.2 Å². The summed E-state index contributed by atoms with van der Waals surface area (Å²) in [5.74, 6) is 0.0307. The maximum Gasteiger partial charge on any atom is 0.312 e. The Balaban J connectivity index is 2.10. The minimum absolute atomic E-state index is 0.0476. The van der Waals surface area contributed by atoms with E-state index in [1.165, 1.54) is 17.2 Å². The summed E-state index contributed by atoms with van der Waals surface area (Å²) in [4.78, 5) is 27.6. The van der Waals surface area contributed by atoms with Crippen molar-refractivity contribution in [3.63, 3.8) is 0 Å². The number of anilines is 1. The molecule has 1 aromatic rings. The molecular weight excluding hydrogens is 316 g/mol. The van der Waals surface area contributed by atoms with E-state index >= 15 is 0 Å². The van der Waals surface area contributed by atoms with Crippen LogP contribution in [0.3, 0.4) is 0 Å². The van der Waals surface area contributed by atoms with Gasteiger partial charge in [0.15, 0.2) is 0 Å². The smallest absolute Gasteiger partial charge is 0.312 e. The Hall–Kier alpha value is -1.70. The number of nitrogens with zero attached hydrogens (tertiary/aromatic N) is 3. The molecule has 0 radical (unpaired) electrons. The fourth-order valence-corrected chi connectivity index (χ4v) is 1.96. The Morgan fingerprint density at radius 3 is 2.95 bits per heavy atom. The molecule has 2 rings (SSSR count). The number of carbonyl (C=O) groups is 1. The lowest BCUT2D eigenvalue weighted by Crippen LogP contribution is -2.36. The molecule has 0 atom stereocenters. The zero-order chi connectivity index (χ0) is 14.0. The van der Waals surface area contributed by atoms with E-state index in [-0.39, 0.29) is 30.0 Å². The molecule has 1 aliphatic carbocycles. The predicted molar refractivity (Wildman–Crippen MR) is 73.0 cm³/mol. The highest BCUT2D eigenvalue weighted by Crippen LogP contribution is 2.27. The number of likely N-dealkylation sites (N-methyl/N-ethyl adjacent to an activating group) is 1. The normalized spacial score (nSPS) is 14.0. The van der Waals surface area contributed by atoms with Crippen molar-refractivity contribution < 1.29 is 9.72 Å². The highest BCUT2D eigenvalue weighted by atomic mass is 79.9. The Bertz CT molecular complexity index is 519. The minimum Gasteiger partial charge on any atom is -0.352 e. The van der Waals surface area contributed by atoms with Crippen molar-refractivity contribution in [2.45, 2.75) is 18.9 Å². The van der Waals surface area contributed by atoms with Crippen molar-refractivity contribution >= 4 is 33.3 Å². The molecule has 7 nitrogen and oxygen atoms in total. The van der Waals surface area contributed by atoms with Gasteiger partial charge < -0.3 is 10.2 Å². The molecular formula is C11H13BrN4O3. The zero-order valence-electron chi connectivity index (χ0n) is 10.3. The van der Waals surface area contributed by atoms with Gasteiger partial charge in [-0.25, -0.2) is 4.98 Å². The van der Waals surface area contributed by atoms with E-state index in [1.54, 1.807) is 7.05 Å². The molecule has 1 aliphatic rings. The quantitative estimate of drug-likeness (QED) is 0.653. The third-order valence-electron chi connectivity index (χ3n) is 2.70. The van der Waals surface area contributed by atoms with Gasteiger partial charge in [0.2, 0.25) is 11.7 Å². The number of amides is 1. The Labute approximate surface area is 118 Å². The monoisotopic (exact) mass is 328 g/mol. The SMILES string of the molecule is CN(CC(=O)NC1CC1)c1ncc(Br)cc1[N+](=O)[O-]. The van der Waals surface area contributed by atoms with Crippen LogP contribution in [0.15, 0.2) is 16.7 Å². The van der Waals surface area contributed by atoms with Gasteiger partial charge >= 0.3 is 5.69 Å².